The number of carbonyl (C=O) groups excluding carboxylic acids is 2. The van der Waals surface area contributed by atoms with Gasteiger partial charge in [-0.15, -0.1) is 0 Å². The van der Waals surface area contributed by atoms with E-state index in [0.29, 0.717) is 17.9 Å². The average molecular weight is 470 g/mol. The summed E-state index contributed by atoms with van der Waals surface area (Å²) in [6.45, 7) is 10.6. The van der Waals surface area contributed by atoms with Crippen LogP contribution in [0.3, 0.4) is 0 Å². The number of anilines is 1. The van der Waals surface area contributed by atoms with Crippen molar-refractivity contribution in [1.29, 1.82) is 0 Å². The van der Waals surface area contributed by atoms with Gasteiger partial charge in [0.2, 0.25) is 0 Å². The lowest BCUT2D eigenvalue weighted by Crippen LogP contribution is -2.29. The first kappa shape index (κ1) is 24.3. The zero-order valence-electron chi connectivity index (χ0n) is 20.8. The SMILES string of the molecule is CCOc1ccc(/C(O)=C2/C(=O)C(=O)N(c3ccc(C)cc3)C2c2ccccc2)cc1C(C)(C)C. The van der Waals surface area contributed by atoms with Crippen LogP contribution < -0.4 is 9.64 Å². The summed E-state index contributed by atoms with van der Waals surface area (Å²) >= 11 is 0. The predicted molar refractivity (Wildman–Crippen MR) is 139 cm³/mol. The molecule has 0 bridgehead atoms. The molecule has 180 valence electrons. The molecule has 1 aliphatic heterocycles. The van der Waals surface area contributed by atoms with Crippen molar-refractivity contribution >= 4 is 23.1 Å². The third kappa shape index (κ3) is 4.59. The van der Waals surface area contributed by atoms with Gasteiger partial charge in [-0.25, -0.2) is 0 Å². The Morgan fingerprint density at radius 1 is 0.971 bits per heavy atom. The van der Waals surface area contributed by atoms with Gasteiger partial charge in [0.15, 0.2) is 0 Å². The Kier molecular flexibility index (Phi) is 6.53. The molecular formula is C30H31NO4. The highest BCUT2D eigenvalue weighted by Gasteiger charge is 2.47. The van der Waals surface area contributed by atoms with E-state index in [1.54, 1.807) is 6.07 Å². The third-order valence-electron chi connectivity index (χ3n) is 6.23. The fraction of sp³-hybridized carbons (Fsp3) is 0.267. The minimum absolute atomic E-state index is 0.0748. The molecular weight excluding hydrogens is 438 g/mol. The van der Waals surface area contributed by atoms with Crippen molar-refractivity contribution in [2.45, 2.75) is 46.1 Å². The Labute approximate surface area is 206 Å². The minimum Gasteiger partial charge on any atom is -0.507 e. The molecule has 0 spiro atoms. The second kappa shape index (κ2) is 9.41. The first-order valence-corrected chi connectivity index (χ1v) is 11.8. The number of amides is 1. The average Bonchev–Trinajstić information content (AvgIpc) is 3.10. The number of ether oxygens (including phenoxy) is 1. The number of aliphatic hydroxyl groups is 1. The Morgan fingerprint density at radius 2 is 1.63 bits per heavy atom. The maximum absolute atomic E-state index is 13.4. The minimum atomic E-state index is -0.747. The molecule has 1 unspecified atom stereocenters. The Bertz CT molecular complexity index is 1280. The molecule has 1 atom stereocenters. The molecule has 35 heavy (non-hydrogen) atoms. The summed E-state index contributed by atoms with van der Waals surface area (Å²) in [5, 5.41) is 11.5. The van der Waals surface area contributed by atoms with E-state index in [9.17, 15) is 14.7 Å². The first-order chi connectivity index (χ1) is 16.6. The zero-order valence-corrected chi connectivity index (χ0v) is 20.8. The number of Topliss-reactive ketones (excluding diaryl/α,β-unsaturated/α-hetero) is 1. The molecule has 0 radical (unpaired) electrons. The molecule has 3 aromatic rings. The normalized spacial score (nSPS) is 17.6. The van der Waals surface area contributed by atoms with E-state index in [2.05, 4.69) is 20.8 Å². The van der Waals surface area contributed by atoms with Crippen LogP contribution >= 0.6 is 0 Å². The van der Waals surface area contributed by atoms with Crippen LogP contribution in [0.4, 0.5) is 5.69 Å². The van der Waals surface area contributed by atoms with Crippen molar-refractivity contribution in [2.24, 2.45) is 0 Å². The largest absolute Gasteiger partial charge is 0.507 e. The number of aliphatic hydroxyl groups excluding tert-OH is 1. The number of hydrogen-bond acceptors (Lipinski definition) is 4. The van der Waals surface area contributed by atoms with Crippen LogP contribution in [-0.4, -0.2) is 23.4 Å². The van der Waals surface area contributed by atoms with E-state index in [4.69, 9.17) is 4.74 Å². The second-order valence-electron chi connectivity index (χ2n) is 9.81. The molecule has 1 saturated heterocycles. The number of nitrogens with zero attached hydrogens (tertiary/aromatic N) is 1. The van der Waals surface area contributed by atoms with Crippen LogP contribution in [0.25, 0.3) is 5.76 Å². The van der Waals surface area contributed by atoms with Crippen molar-refractivity contribution < 1.29 is 19.4 Å². The maximum atomic E-state index is 13.4. The first-order valence-electron chi connectivity index (χ1n) is 11.8. The molecule has 0 saturated carbocycles. The van der Waals surface area contributed by atoms with Crippen LogP contribution in [0.15, 0.2) is 78.4 Å². The highest BCUT2D eigenvalue weighted by Crippen LogP contribution is 2.43. The molecule has 5 heteroatoms. The van der Waals surface area contributed by atoms with Crippen LogP contribution in [0.2, 0.25) is 0 Å². The molecule has 1 fully saturated rings. The van der Waals surface area contributed by atoms with Gasteiger partial charge in [-0.3, -0.25) is 14.5 Å². The van der Waals surface area contributed by atoms with Gasteiger partial charge in [0, 0.05) is 16.8 Å². The van der Waals surface area contributed by atoms with Crippen LogP contribution in [0.1, 0.15) is 56.0 Å². The smallest absolute Gasteiger partial charge is 0.300 e. The van der Waals surface area contributed by atoms with Gasteiger partial charge >= 0.3 is 0 Å². The Hall–Kier alpha value is -3.86. The van der Waals surface area contributed by atoms with E-state index in [1.165, 1.54) is 4.90 Å². The third-order valence-corrected chi connectivity index (χ3v) is 6.23. The molecule has 1 amide bonds. The van der Waals surface area contributed by atoms with Crippen molar-refractivity contribution in [2.75, 3.05) is 11.5 Å². The topological polar surface area (TPSA) is 66.8 Å². The van der Waals surface area contributed by atoms with Crippen molar-refractivity contribution in [1.82, 2.24) is 0 Å². The lowest BCUT2D eigenvalue weighted by Gasteiger charge is -2.26. The van der Waals surface area contributed by atoms with Crippen LogP contribution in [-0.2, 0) is 15.0 Å². The molecule has 0 aromatic heterocycles. The quantitative estimate of drug-likeness (QED) is 0.270. The second-order valence-corrected chi connectivity index (χ2v) is 9.81. The van der Waals surface area contributed by atoms with Crippen LogP contribution in [0, 0.1) is 6.92 Å². The van der Waals surface area contributed by atoms with Gasteiger partial charge in [0.1, 0.15) is 11.5 Å². The number of aryl methyl sites for hydroxylation is 1. The van der Waals surface area contributed by atoms with Crippen molar-refractivity contribution in [3.63, 3.8) is 0 Å². The van der Waals surface area contributed by atoms with Gasteiger partial charge in [0.05, 0.1) is 18.2 Å². The number of benzene rings is 3. The van der Waals surface area contributed by atoms with Crippen LogP contribution in [0.5, 0.6) is 5.75 Å². The summed E-state index contributed by atoms with van der Waals surface area (Å²) < 4.78 is 5.81. The van der Waals surface area contributed by atoms with E-state index in [1.807, 2.05) is 80.6 Å². The van der Waals surface area contributed by atoms with Gasteiger partial charge in [0.25, 0.3) is 11.7 Å². The molecule has 1 aliphatic rings. The van der Waals surface area contributed by atoms with Gasteiger partial charge in [-0.1, -0.05) is 68.8 Å². The lowest BCUT2D eigenvalue weighted by molar-refractivity contribution is -0.132. The molecule has 4 rings (SSSR count). The summed E-state index contributed by atoms with van der Waals surface area (Å²) in [4.78, 5) is 28.1. The van der Waals surface area contributed by atoms with Crippen molar-refractivity contribution in [3.05, 3.63) is 101 Å². The summed E-state index contributed by atoms with van der Waals surface area (Å²) in [5.74, 6) is -0.828. The Morgan fingerprint density at radius 3 is 2.23 bits per heavy atom. The number of rotatable bonds is 5. The van der Waals surface area contributed by atoms with E-state index in [0.717, 1.165) is 22.4 Å². The summed E-state index contributed by atoms with van der Waals surface area (Å²) in [6, 6.07) is 21.4. The van der Waals surface area contributed by atoms with Gasteiger partial charge in [-0.05, 0) is 55.2 Å². The molecule has 0 aliphatic carbocycles. The molecule has 1 heterocycles. The number of ketones is 1. The number of carbonyl (C=O) groups is 2. The number of hydrogen-bond donors (Lipinski definition) is 1. The van der Waals surface area contributed by atoms with E-state index >= 15 is 0 Å². The zero-order chi connectivity index (χ0) is 25.3. The molecule has 1 N–H and O–H groups in total. The molecule has 3 aromatic carbocycles. The van der Waals surface area contributed by atoms with Gasteiger partial charge < -0.3 is 9.84 Å². The van der Waals surface area contributed by atoms with Gasteiger partial charge in [-0.2, -0.15) is 0 Å². The maximum Gasteiger partial charge on any atom is 0.300 e. The highest BCUT2D eigenvalue weighted by atomic mass is 16.5. The summed E-state index contributed by atoms with van der Waals surface area (Å²) in [5.41, 5.74) is 3.60. The standard InChI is InChI=1S/C30H31NO4/c1-6-35-24-17-14-21(18-23(24)30(3,4)5)27(32)25-26(20-10-8-7-9-11-20)31(29(34)28(25)33)22-15-12-19(2)13-16-22/h7-18,26,32H,6H2,1-5H3/b27-25-. The summed E-state index contributed by atoms with van der Waals surface area (Å²) in [6.07, 6.45) is 0. The Balaban J connectivity index is 1.93. The lowest BCUT2D eigenvalue weighted by atomic mass is 9.84. The molecule has 5 nitrogen and oxygen atoms in total. The van der Waals surface area contributed by atoms with E-state index < -0.39 is 17.7 Å². The fourth-order valence-electron chi connectivity index (χ4n) is 4.46. The predicted octanol–water partition coefficient (Wildman–Crippen LogP) is 6.32. The highest BCUT2D eigenvalue weighted by molar-refractivity contribution is 6.51. The monoisotopic (exact) mass is 469 g/mol. The van der Waals surface area contributed by atoms with Crippen molar-refractivity contribution in [3.8, 4) is 5.75 Å². The summed E-state index contributed by atoms with van der Waals surface area (Å²) in [7, 11) is 0. The fourth-order valence-corrected chi connectivity index (χ4v) is 4.46. The van der Waals surface area contributed by atoms with E-state index in [-0.39, 0.29) is 16.7 Å².